The van der Waals surface area contributed by atoms with E-state index in [1.54, 1.807) is 23.1 Å². The quantitative estimate of drug-likeness (QED) is 0.583. The standard InChI is InChI=1S/C26H32ClF2N7O2/c1-34-11-9-17(10-12-34)31-23(37)16-7-8-20(19(27)13-16)32-25-30-14-21-22(33-25)36(18-5-3-4-6-18)15-26(28,29)24(38)35(21)2/h7-8,13-14,17-18H,3-6,9-12,15H2,1-2H3,(H,31,37)(H,30,32,33). The van der Waals surface area contributed by atoms with Crippen LogP contribution in [-0.4, -0.2) is 78.4 Å². The van der Waals surface area contributed by atoms with Crippen LogP contribution in [0.2, 0.25) is 5.02 Å². The fourth-order valence-electron chi connectivity index (χ4n) is 5.40. The topological polar surface area (TPSA) is 93.7 Å². The molecule has 9 nitrogen and oxygen atoms in total. The summed E-state index contributed by atoms with van der Waals surface area (Å²) in [4.78, 5) is 38.8. The number of aromatic nitrogens is 2. The minimum Gasteiger partial charge on any atom is -0.349 e. The molecule has 1 aromatic heterocycles. The highest BCUT2D eigenvalue weighted by Crippen LogP contribution is 2.40. The van der Waals surface area contributed by atoms with Crippen molar-refractivity contribution in [2.75, 3.05) is 48.8 Å². The molecule has 1 aliphatic carbocycles. The van der Waals surface area contributed by atoms with Crippen molar-refractivity contribution < 1.29 is 18.4 Å². The Morgan fingerprint density at radius 3 is 2.53 bits per heavy atom. The van der Waals surface area contributed by atoms with Crippen molar-refractivity contribution in [1.29, 1.82) is 0 Å². The fourth-order valence-corrected chi connectivity index (χ4v) is 5.63. The van der Waals surface area contributed by atoms with E-state index in [4.69, 9.17) is 11.6 Å². The number of alkyl halides is 2. The average Bonchev–Trinajstić information content (AvgIpc) is 3.41. The number of hydrogen-bond acceptors (Lipinski definition) is 7. The number of fused-ring (bicyclic) bond motifs is 1. The van der Waals surface area contributed by atoms with Crippen LogP contribution in [0.15, 0.2) is 24.4 Å². The normalized spacial score (nSPS) is 20.8. The first-order valence-corrected chi connectivity index (χ1v) is 13.4. The number of likely N-dealkylation sites (tertiary alicyclic amines) is 1. The molecule has 2 N–H and O–H groups in total. The second kappa shape index (κ2) is 10.6. The van der Waals surface area contributed by atoms with Gasteiger partial charge in [-0.05, 0) is 64.0 Å². The maximum absolute atomic E-state index is 14.8. The van der Waals surface area contributed by atoms with Crippen LogP contribution < -0.4 is 20.4 Å². The number of piperidine rings is 1. The SMILES string of the molecule is CN1CCC(NC(=O)c2ccc(Nc3ncc4c(n3)N(C3CCCC3)CC(F)(F)C(=O)N4C)c(Cl)c2)CC1. The molecular formula is C26H32ClF2N7O2. The third kappa shape index (κ3) is 5.40. The first kappa shape index (κ1) is 26.6. The van der Waals surface area contributed by atoms with Crippen LogP contribution in [0.25, 0.3) is 0 Å². The molecule has 1 aromatic carbocycles. The summed E-state index contributed by atoms with van der Waals surface area (Å²) in [6.45, 7) is 1.15. The van der Waals surface area contributed by atoms with E-state index in [2.05, 4.69) is 32.5 Å². The number of benzene rings is 1. The lowest BCUT2D eigenvalue weighted by atomic mass is 10.0. The van der Waals surface area contributed by atoms with E-state index in [0.29, 0.717) is 16.3 Å². The molecular weight excluding hydrogens is 516 g/mol. The minimum atomic E-state index is -3.54. The number of carbonyl (C=O) groups excluding carboxylic acids is 2. The number of nitrogens with one attached hydrogen (secondary N) is 2. The number of amides is 2. The zero-order valence-corrected chi connectivity index (χ0v) is 22.3. The van der Waals surface area contributed by atoms with Crippen LogP contribution in [0, 0.1) is 0 Å². The van der Waals surface area contributed by atoms with Gasteiger partial charge >= 0.3 is 5.92 Å². The van der Waals surface area contributed by atoms with Gasteiger partial charge in [-0.15, -0.1) is 0 Å². The predicted molar refractivity (Wildman–Crippen MR) is 143 cm³/mol. The van der Waals surface area contributed by atoms with Gasteiger partial charge in [0.05, 0.1) is 23.5 Å². The highest BCUT2D eigenvalue weighted by atomic mass is 35.5. The Hall–Kier alpha value is -3.05. The molecule has 0 atom stereocenters. The summed E-state index contributed by atoms with van der Waals surface area (Å²) < 4.78 is 29.6. The van der Waals surface area contributed by atoms with Crippen LogP contribution in [0.5, 0.6) is 0 Å². The van der Waals surface area contributed by atoms with Crippen molar-refractivity contribution in [2.45, 2.75) is 56.5 Å². The van der Waals surface area contributed by atoms with Gasteiger partial charge in [0, 0.05) is 24.7 Å². The molecule has 0 bridgehead atoms. The third-order valence-electron chi connectivity index (χ3n) is 7.67. The summed E-state index contributed by atoms with van der Waals surface area (Å²) in [5, 5.41) is 6.41. The Bertz CT molecular complexity index is 1220. The Kier molecular flexibility index (Phi) is 7.41. The van der Waals surface area contributed by atoms with E-state index < -0.39 is 18.4 Å². The molecule has 3 aliphatic rings. The van der Waals surface area contributed by atoms with Gasteiger partial charge in [-0.1, -0.05) is 24.4 Å². The van der Waals surface area contributed by atoms with Gasteiger partial charge in [0.15, 0.2) is 5.82 Å². The lowest BCUT2D eigenvalue weighted by Crippen LogP contribution is -2.48. The molecule has 3 heterocycles. The zero-order chi connectivity index (χ0) is 27.0. The summed E-state index contributed by atoms with van der Waals surface area (Å²) in [6.07, 6.45) is 6.57. The number of anilines is 4. The molecule has 2 amide bonds. The van der Waals surface area contributed by atoms with Crippen LogP contribution in [0.4, 0.5) is 31.9 Å². The largest absolute Gasteiger partial charge is 0.349 e. The van der Waals surface area contributed by atoms with Crippen LogP contribution >= 0.6 is 11.6 Å². The monoisotopic (exact) mass is 547 g/mol. The summed E-state index contributed by atoms with van der Waals surface area (Å²) in [5.41, 5.74) is 1.15. The lowest BCUT2D eigenvalue weighted by Gasteiger charge is -2.31. The minimum absolute atomic E-state index is 0.128. The van der Waals surface area contributed by atoms with Crippen molar-refractivity contribution in [3.8, 4) is 0 Å². The molecule has 2 aliphatic heterocycles. The molecule has 0 spiro atoms. The second-order valence-electron chi connectivity index (χ2n) is 10.4. The van der Waals surface area contributed by atoms with Crippen LogP contribution in [-0.2, 0) is 4.79 Å². The average molecular weight is 548 g/mol. The highest BCUT2D eigenvalue weighted by Gasteiger charge is 2.48. The summed E-state index contributed by atoms with van der Waals surface area (Å²) in [5.74, 6) is -4.56. The maximum atomic E-state index is 14.8. The van der Waals surface area contributed by atoms with E-state index in [1.807, 2.05) is 0 Å². The molecule has 0 radical (unpaired) electrons. The number of hydrogen-bond donors (Lipinski definition) is 2. The molecule has 2 fully saturated rings. The Morgan fingerprint density at radius 1 is 1.13 bits per heavy atom. The highest BCUT2D eigenvalue weighted by molar-refractivity contribution is 6.33. The van der Waals surface area contributed by atoms with Crippen molar-refractivity contribution in [1.82, 2.24) is 20.2 Å². The van der Waals surface area contributed by atoms with E-state index in [-0.39, 0.29) is 35.4 Å². The maximum Gasteiger partial charge on any atom is 0.342 e. The molecule has 1 saturated carbocycles. The van der Waals surface area contributed by atoms with E-state index in [9.17, 15) is 18.4 Å². The van der Waals surface area contributed by atoms with Gasteiger partial charge in [0.25, 0.3) is 11.8 Å². The van der Waals surface area contributed by atoms with E-state index in [0.717, 1.165) is 56.5 Å². The van der Waals surface area contributed by atoms with E-state index >= 15 is 0 Å². The zero-order valence-electron chi connectivity index (χ0n) is 21.5. The Labute approximate surface area is 225 Å². The Morgan fingerprint density at radius 2 is 1.84 bits per heavy atom. The van der Waals surface area contributed by atoms with Crippen molar-refractivity contribution >= 4 is 46.6 Å². The van der Waals surface area contributed by atoms with Crippen LogP contribution in [0.3, 0.4) is 0 Å². The summed E-state index contributed by atoms with van der Waals surface area (Å²) in [6, 6.07) is 4.91. The predicted octanol–water partition coefficient (Wildman–Crippen LogP) is 4.06. The van der Waals surface area contributed by atoms with Gasteiger partial charge in [0.2, 0.25) is 5.95 Å². The second-order valence-corrected chi connectivity index (χ2v) is 10.8. The van der Waals surface area contributed by atoms with Gasteiger partial charge in [-0.25, -0.2) is 4.98 Å². The molecule has 2 aromatic rings. The molecule has 5 rings (SSSR count). The van der Waals surface area contributed by atoms with Crippen molar-refractivity contribution in [2.24, 2.45) is 0 Å². The smallest absolute Gasteiger partial charge is 0.342 e. The summed E-state index contributed by atoms with van der Waals surface area (Å²) in [7, 11) is 3.38. The molecule has 38 heavy (non-hydrogen) atoms. The molecule has 0 unspecified atom stereocenters. The van der Waals surface area contributed by atoms with Gasteiger partial charge in [0.1, 0.15) is 5.69 Å². The first-order chi connectivity index (χ1) is 18.1. The first-order valence-electron chi connectivity index (χ1n) is 13.0. The number of rotatable bonds is 5. The van der Waals surface area contributed by atoms with Gasteiger partial charge in [-0.3, -0.25) is 9.59 Å². The van der Waals surface area contributed by atoms with Crippen molar-refractivity contribution in [3.63, 3.8) is 0 Å². The molecule has 12 heteroatoms. The molecule has 1 saturated heterocycles. The fraction of sp³-hybridized carbons (Fsp3) is 0.538. The Balaban J connectivity index is 1.36. The van der Waals surface area contributed by atoms with Gasteiger partial charge < -0.3 is 25.3 Å². The number of nitrogens with zero attached hydrogens (tertiary/aromatic N) is 5. The van der Waals surface area contributed by atoms with Crippen LogP contribution in [0.1, 0.15) is 48.9 Å². The number of halogens is 3. The van der Waals surface area contributed by atoms with Gasteiger partial charge in [-0.2, -0.15) is 13.8 Å². The lowest BCUT2D eigenvalue weighted by molar-refractivity contribution is -0.140. The third-order valence-corrected chi connectivity index (χ3v) is 7.98. The number of carbonyl (C=O) groups is 2. The molecule has 204 valence electrons. The van der Waals surface area contributed by atoms with Crippen molar-refractivity contribution in [3.05, 3.63) is 35.0 Å². The summed E-state index contributed by atoms with van der Waals surface area (Å²) >= 11 is 6.50. The van der Waals surface area contributed by atoms with E-state index in [1.165, 1.54) is 13.2 Å².